The molecular formula is C23H22ClN3O4. The summed E-state index contributed by atoms with van der Waals surface area (Å²) < 4.78 is 10.9. The van der Waals surface area contributed by atoms with Gasteiger partial charge in [0.1, 0.15) is 0 Å². The van der Waals surface area contributed by atoms with Gasteiger partial charge in [-0.05, 0) is 37.1 Å². The lowest BCUT2D eigenvalue weighted by atomic mass is 10.1. The van der Waals surface area contributed by atoms with E-state index in [9.17, 15) is 9.90 Å². The van der Waals surface area contributed by atoms with Gasteiger partial charge >= 0.3 is 5.97 Å². The third kappa shape index (κ3) is 4.78. The summed E-state index contributed by atoms with van der Waals surface area (Å²) in [6.45, 7) is 2.42. The van der Waals surface area contributed by atoms with Crippen LogP contribution in [0.4, 0.5) is 11.7 Å². The third-order valence-electron chi connectivity index (χ3n) is 4.64. The number of nitrogens with zero attached hydrogens (tertiary/aromatic N) is 2. The number of aromatic hydroxyl groups is 1. The standard InChI is InChI=1S/C23H21N3O4.ClH/c1-2-29-23(28)19-20(27)18(13-16-14-26-21-17(16)9-6-11-24-21)30-22(19)25-12-10-15-7-4-3-5-8-15;/h3-9,11,13-14,25,27H,2,10,12H2,1H3;1H/b16-13+;. The smallest absolute Gasteiger partial charge is 0.347 e. The largest absolute Gasteiger partial charge is 0.504 e. The van der Waals surface area contributed by atoms with Crippen molar-refractivity contribution in [3.8, 4) is 5.75 Å². The molecule has 2 aromatic heterocycles. The summed E-state index contributed by atoms with van der Waals surface area (Å²) in [4.78, 5) is 20.9. The van der Waals surface area contributed by atoms with Gasteiger partial charge in [0, 0.05) is 30.1 Å². The number of furan rings is 1. The van der Waals surface area contributed by atoms with E-state index in [0.29, 0.717) is 12.4 Å². The molecule has 0 amide bonds. The second-order valence-electron chi connectivity index (χ2n) is 6.63. The molecule has 3 heterocycles. The summed E-state index contributed by atoms with van der Waals surface area (Å²) in [7, 11) is 0. The predicted molar refractivity (Wildman–Crippen MR) is 122 cm³/mol. The van der Waals surface area contributed by atoms with Crippen LogP contribution in [0.3, 0.4) is 0 Å². The van der Waals surface area contributed by atoms with Gasteiger partial charge < -0.3 is 19.6 Å². The van der Waals surface area contributed by atoms with Gasteiger partial charge in [0.2, 0.25) is 5.88 Å². The number of benzene rings is 1. The number of rotatable bonds is 7. The molecule has 0 spiro atoms. The number of halogens is 1. The van der Waals surface area contributed by atoms with Gasteiger partial charge in [-0.15, -0.1) is 12.4 Å². The Bertz CT molecular complexity index is 1120. The molecule has 0 saturated heterocycles. The van der Waals surface area contributed by atoms with Crippen molar-refractivity contribution in [1.82, 2.24) is 4.98 Å². The minimum atomic E-state index is -0.646. The Morgan fingerprint density at radius 2 is 2.03 bits per heavy atom. The van der Waals surface area contributed by atoms with Gasteiger partial charge in [-0.1, -0.05) is 30.3 Å². The molecule has 3 aromatic rings. The third-order valence-corrected chi connectivity index (χ3v) is 4.64. The summed E-state index contributed by atoms with van der Waals surface area (Å²) in [5.41, 5.74) is 2.68. The quantitative estimate of drug-likeness (QED) is 0.509. The number of carbonyl (C=O) groups is 1. The maximum Gasteiger partial charge on any atom is 0.347 e. The molecule has 0 bridgehead atoms. The summed E-state index contributed by atoms with van der Waals surface area (Å²) in [6.07, 6.45) is 5.67. The van der Waals surface area contributed by atoms with Crippen molar-refractivity contribution >= 4 is 47.9 Å². The molecule has 0 atom stereocenters. The first-order valence-corrected chi connectivity index (χ1v) is 9.69. The molecule has 7 nitrogen and oxygen atoms in total. The van der Waals surface area contributed by atoms with Crippen LogP contribution in [0.15, 0.2) is 58.1 Å². The Balaban J connectivity index is 0.00000272. The molecule has 0 fully saturated rings. The first kappa shape index (κ1) is 22.1. The first-order chi connectivity index (χ1) is 14.7. The fourth-order valence-electron chi connectivity index (χ4n) is 3.20. The van der Waals surface area contributed by atoms with E-state index in [2.05, 4.69) is 15.3 Å². The lowest BCUT2D eigenvalue weighted by Gasteiger charge is -2.06. The number of esters is 1. The normalized spacial score (nSPS) is 13.0. The van der Waals surface area contributed by atoms with Crippen LogP contribution in [0.25, 0.3) is 11.6 Å². The van der Waals surface area contributed by atoms with Gasteiger partial charge in [-0.3, -0.25) is 0 Å². The SMILES string of the molecule is CCOC(=O)c1c(NCCc2ccccc2)oc(/C=C2\C=Nc3ncccc32)c1O.Cl. The van der Waals surface area contributed by atoms with Crippen molar-refractivity contribution in [2.75, 3.05) is 18.5 Å². The molecule has 160 valence electrons. The number of aromatic nitrogens is 1. The van der Waals surface area contributed by atoms with Crippen molar-refractivity contribution < 1.29 is 19.1 Å². The van der Waals surface area contributed by atoms with E-state index in [1.807, 2.05) is 42.5 Å². The van der Waals surface area contributed by atoms with E-state index in [4.69, 9.17) is 9.15 Å². The topological polar surface area (TPSA) is 97.0 Å². The maximum absolute atomic E-state index is 12.4. The van der Waals surface area contributed by atoms with Crippen LogP contribution in [-0.4, -0.2) is 35.4 Å². The van der Waals surface area contributed by atoms with Crippen molar-refractivity contribution in [1.29, 1.82) is 0 Å². The Morgan fingerprint density at radius 1 is 1.23 bits per heavy atom. The monoisotopic (exact) mass is 439 g/mol. The van der Waals surface area contributed by atoms with Crippen LogP contribution in [0.5, 0.6) is 5.75 Å². The molecule has 1 aliphatic heterocycles. The second-order valence-corrected chi connectivity index (χ2v) is 6.63. The number of carbonyl (C=O) groups excluding carboxylic acids is 1. The number of anilines is 1. The van der Waals surface area contributed by atoms with Crippen LogP contribution in [0, 0.1) is 0 Å². The predicted octanol–water partition coefficient (Wildman–Crippen LogP) is 4.89. The van der Waals surface area contributed by atoms with Gasteiger partial charge in [-0.25, -0.2) is 14.8 Å². The number of hydrogen-bond donors (Lipinski definition) is 2. The molecule has 8 heteroatoms. The molecule has 0 radical (unpaired) electrons. The minimum Gasteiger partial charge on any atom is -0.504 e. The van der Waals surface area contributed by atoms with Crippen LogP contribution >= 0.6 is 12.4 Å². The number of nitrogens with one attached hydrogen (secondary N) is 1. The van der Waals surface area contributed by atoms with E-state index in [1.165, 1.54) is 0 Å². The van der Waals surface area contributed by atoms with E-state index in [0.717, 1.165) is 23.1 Å². The average Bonchev–Trinajstić information content (AvgIpc) is 3.30. The fraction of sp³-hybridized carbons (Fsp3) is 0.174. The van der Waals surface area contributed by atoms with E-state index >= 15 is 0 Å². The molecule has 1 aliphatic rings. The molecule has 31 heavy (non-hydrogen) atoms. The highest BCUT2D eigenvalue weighted by atomic mass is 35.5. The van der Waals surface area contributed by atoms with Crippen molar-refractivity contribution in [2.24, 2.45) is 4.99 Å². The zero-order valence-electron chi connectivity index (χ0n) is 16.9. The molecule has 0 aliphatic carbocycles. The molecule has 1 aromatic carbocycles. The van der Waals surface area contributed by atoms with Gasteiger partial charge in [-0.2, -0.15) is 0 Å². The zero-order valence-corrected chi connectivity index (χ0v) is 17.7. The Kier molecular flexibility index (Phi) is 7.10. The Labute approximate surface area is 185 Å². The number of aliphatic imine (C=N–C) groups is 1. The number of fused-ring (bicyclic) bond motifs is 1. The Hall–Kier alpha value is -3.58. The Morgan fingerprint density at radius 3 is 2.81 bits per heavy atom. The van der Waals surface area contributed by atoms with Gasteiger partial charge in [0.15, 0.2) is 22.9 Å². The van der Waals surface area contributed by atoms with Crippen LogP contribution in [0.2, 0.25) is 0 Å². The summed E-state index contributed by atoms with van der Waals surface area (Å²) in [5.74, 6) is 0.0109. The van der Waals surface area contributed by atoms with Crippen molar-refractivity contribution in [2.45, 2.75) is 13.3 Å². The van der Waals surface area contributed by atoms with Gasteiger partial charge in [0.25, 0.3) is 0 Å². The molecule has 0 saturated carbocycles. The van der Waals surface area contributed by atoms with Crippen molar-refractivity contribution in [3.63, 3.8) is 0 Å². The summed E-state index contributed by atoms with van der Waals surface area (Å²) in [5, 5.41) is 13.8. The molecule has 0 unspecified atom stereocenters. The highest BCUT2D eigenvalue weighted by Gasteiger charge is 2.27. The number of allylic oxidation sites excluding steroid dienone is 1. The average molecular weight is 440 g/mol. The zero-order chi connectivity index (χ0) is 20.9. The van der Waals surface area contributed by atoms with E-state index in [1.54, 1.807) is 25.4 Å². The molecule has 4 rings (SSSR count). The van der Waals surface area contributed by atoms with Crippen LogP contribution in [-0.2, 0) is 11.2 Å². The number of pyridine rings is 1. The molecule has 2 N–H and O–H groups in total. The van der Waals surface area contributed by atoms with Gasteiger partial charge in [0.05, 0.1) is 6.61 Å². The van der Waals surface area contributed by atoms with Crippen LogP contribution < -0.4 is 5.32 Å². The summed E-state index contributed by atoms with van der Waals surface area (Å²) in [6, 6.07) is 13.6. The van der Waals surface area contributed by atoms with Crippen molar-refractivity contribution in [3.05, 3.63) is 71.1 Å². The van der Waals surface area contributed by atoms with Crippen LogP contribution in [0.1, 0.15) is 34.2 Å². The number of ether oxygens (including phenoxy) is 1. The minimum absolute atomic E-state index is 0. The number of hydrogen-bond acceptors (Lipinski definition) is 7. The highest BCUT2D eigenvalue weighted by molar-refractivity contribution is 6.21. The maximum atomic E-state index is 12.4. The highest BCUT2D eigenvalue weighted by Crippen LogP contribution is 2.38. The molecular weight excluding hydrogens is 418 g/mol. The lowest BCUT2D eigenvalue weighted by molar-refractivity contribution is 0.0524. The lowest BCUT2D eigenvalue weighted by Crippen LogP contribution is -2.10. The second kappa shape index (κ2) is 9.95. The van der Waals surface area contributed by atoms with E-state index in [-0.39, 0.29) is 42.0 Å². The fourth-order valence-corrected chi connectivity index (χ4v) is 3.20. The van der Waals surface area contributed by atoms with E-state index < -0.39 is 5.97 Å². The summed E-state index contributed by atoms with van der Waals surface area (Å²) >= 11 is 0. The first-order valence-electron chi connectivity index (χ1n) is 9.69.